The summed E-state index contributed by atoms with van der Waals surface area (Å²) >= 11 is 11.6. The number of benzene rings is 1. The fraction of sp³-hybridized carbons (Fsp3) is 0.385. The Morgan fingerprint density at radius 3 is 2.26 bits per heavy atom. The van der Waals surface area contributed by atoms with Crippen LogP contribution in [0.15, 0.2) is 18.2 Å². The number of Topliss-reactive ketones (excluding diaryl/α,β-unsaturated/α-hetero) is 1. The van der Waals surface area contributed by atoms with Gasteiger partial charge < -0.3 is 10.8 Å². The SMILES string of the molecule is CCC(=O)O.NC1(C(=O)c2ccc(Cl)cc2Cl)CC1. The molecule has 1 aromatic carbocycles. The Kier molecular flexibility index (Phi) is 5.35. The molecule has 1 aliphatic carbocycles. The molecule has 3 N–H and O–H groups in total. The van der Waals surface area contributed by atoms with E-state index < -0.39 is 11.5 Å². The zero-order chi connectivity index (χ0) is 14.6. The number of carboxylic acids is 1. The van der Waals surface area contributed by atoms with Crippen LogP contribution in [-0.2, 0) is 4.79 Å². The Morgan fingerprint density at radius 1 is 1.37 bits per heavy atom. The van der Waals surface area contributed by atoms with Crippen molar-refractivity contribution in [3.8, 4) is 0 Å². The lowest BCUT2D eigenvalue weighted by molar-refractivity contribution is -0.136. The summed E-state index contributed by atoms with van der Waals surface area (Å²) in [4.78, 5) is 21.2. The molecule has 0 saturated heterocycles. The number of carboxylic acid groups (broad SMARTS) is 1. The van der Waals surface area contributed by atoms with E-state index in [-0.39, 0.29) is 12.2 Å². The quantitative estimate of drug-likeness (QED) is 0.841. The molecule has 0 spiro atoms. The van der Waals surface area contributed by atoms with Crippen LogP contribution < -0.4 is 5.73 Å². The highest BCUT2D eigenvalue weighted by Crippen LogP contribution is 2.37. The first-order chi connectivity index (χ1) is 8.80. The molecule has 4 nitrogen and oxygen atoms in total. The summed E-state index contributed by atoms with van der Waals surface area (Å²) in [6.07, 6.45) is 1.70. The average molecular weight is 304 g/mol. The van der Waals surface area contributed by atoms with E-state index in [0.717, 1.165) is 12.8 Å². The molecule has 19 heavy (non-hydrogen) atoms. The van der Waals surface area contributed by atoms with Crippen LogP contribution >= 0.6 is 23.2 Å². The van der Waals surface area contributed by atoms with Crippen molar-refractivity contribution in [3.05, 3.63) is 33.8 Å². The number of aliphatic carboxylic acids is 1. The minimum atomic E-state index is -0.745. The molecule has 104 valence electrons. The van der Waals surface area contributed by atoms with E-state index in [1.54, 1.807) is 25.1 Å². The minimum Gasteiger partial charge on any atom is -0.481 e. The van der Waals surface area contributed by atoms with Crippen LogP contribution in [0.5, 0.6) is 0 Å². The molecule has 0 unspecified atom stereocenters. The van der Waals surface area contributed by atoms with Crippen molar-refractivity contribution < 1.29 is 14.7 Å². The van der Waals surface area contributed by atoms with E-state index in [4.69, 9.17) is 34.0 Å². The van der Waals surface area contributed by atoms with Crippen LogP contribution in [0.25, 0.3) is 0 Å². The fourth-order valence-corrected chi connectivity index (χ4v) is 1.80. The van der Waals surface area contributed by atoms with E-state index in [1.807, 2.05) is 0 Å². The lowest BCUT2D eigenvalue weighted by atomic mass is 10.0. The topological polar surface area (TPSA) is 80.4 Å². The molecule has 0 heterocycles. The van der Waals surface area contributed by atoms with Crippen molar-refractivity contribution in [1.29, 1.82) is 0 Å². The van der Waals surface area contributed by atoms with E-state index in [2.05, 4.69) is 0 Å². The van der Waals surface area contributed by atoms with Crippen LogP contribution in [0.4, 0.5) is 0 Å². The lowest BCUT2D eigenvalue weighted by Gasteiger charge is -2.08. The van der Waals surface area contributed by atoms with Gasteiger partial charge in [0.05, 0.1) is 10.6 Å². The second kappa shape index (κ2) is 6.37. The Labute approximate surface area is 121 Å². The van der Waals surface area contributed by atoms with Crippen LogP contribution in [-0.4, -0.2) is 22.4 Å². The number of ketones is 1. The van der Waals surface area contributed by atoms with Gasteiger partial charge in [0.25, 0.3) is 0 Å². The standard InChI is InChI=1S/C10H9Cl2NO.C3H6O2/c11-6-1-2-7(8(12)5-6)9(14)10(13)3-4-10;1-2-3(4)5/h1-2,5H,3-4,13H2;2H2,1H3,(H,4,5). The van der Waals surface area contributed by atoms with Crippen molar-refractivity contribution in [2.45, 2.75) is 31.7 Å². The van der Waals surface area contributed by atoms with Gasteiger partial charge in [0.15, 0.2) is 5.78 Å². The van der Waals surface area contributed by atoms with Gasteiger partial charge in [-0.3, -0.25) is 9.59 Å². The van der Waals surface area contributed by atoms with Gasteiger partial charge in [0, 0.05) is 17.0 Å². The van der Waals surface area contributed by atoms with Gasteiger partial charge in [-0.05, 0) is 31.0 Å². The third-order valence-electron chi connectivity index (χ3n) is 2.72. The number of halogens is 2. The maximum Gasteiger partial charge on any atom is 0.303 e. The van der Waals surface area contributed by atoms with Gasteiger partial charge in [0.2, 0.25) is 0 Å². The lowest BCUT2D eigenvalue weighted by Crippen LogP contribution is -2.32. The summed E-state index contributed by atoms with van der Waals surface area (Å²) in [5, 5.41) is 8.62. The van der Waals surface area contributed by atoms with Crippen LogP contribution in [0.2, 0.25) is 10.0 Å². The summed E-state index contributed by atoms with van der Waals surface area (Å²) in [7, 11) is 0. The zero-order valence-electron chi connectivity index (χ0n) is 10.5. The predicted octanol–water partition coefficient (Wildman–Crippen LogP) is 3.15. The molecular formula is C13H15Cl2NO3. The largest absolute Gasteiger partial charge is 0.481 e. The molecule has 1 aliphatic rings. The highest BCUT2D eigenvalue weighted by atomic mass is 35.5. The number of hydrogen-bond donors (Lipinski definition) is 2. The highest BCUT2D eigenvalue weighted by Gasteiger charge is 2.46. The summed E-state index contributed by atoms with van der Waals surface area (Å²) in [6, 6.07) is 4.83. The molecular weight excluding hydrogens is 289 g/mol. The normalized spacial score (nSPS) is 15.2. The van der Waals surface area contributed by atoms with Crippen LogP contribution in [0.1, 0.15) is 36.5 Å². The molecule has 0 aromatic heterocycles. The Morgan fingerprint density at radius 2 is 1.89 bits per heavy atom. The third-order valence-corrected chi connectivity index (χ3v) is 3.27. The minimum absolute atomic E-state index is 0.0841. The fourth-order valence-electron chi connectivity index (χ4n) is 1.30. The first kappa shape index (κ1) is 16.0. The smallest absolute Gasteiger partial charge is 0.303 e. The van der Waals surface area contributed by atoms with Crippen molar-refractivity contribution in [3.63, 3.8) is 0 Å². The first-order valence-electron chi connectivity index (χ1n) is 5.80. The van der Waals surface area contributed by atoms with Crippen molar-refractivity contribution in [1.82, 2.24) is 0 Å². The average Bonchev–Trinajstić information content (AvgIpc) is 3.09. The zero-order valence-corrected chi connectivity index (χ0v) is 12.0. The van der Waals surface area contributed by atoms with Crippen LogP contribution in [0.3, 0.4) is 0 Å². The Balaban J connectivity index is 0.000000312. The molecule has 0 aliphatic heterocycles. The molecule has 1 fully saturated rings. The molecule has 0 atom stereocenters. The molecule has 0 amide bonds. The number of carbonyl (C=O) groups is 2. The van der Waals surface area contributed by atoms with Crippen molar-refractivity contribution in [2.24, 2.45) is 5.73 Å². The molecule has 0 radical (unpaired) electrons. The third kappa shape index (κ3) is 4.49. The molecule has 6 heteroatoms. The molecule has 1 saturated carbocycles. The van der Waals surface area contributed by atoms with E-state index >= 15 is 0 Å². The number of carbonyl (C=O) groups excluding carboxylic acids is 1. The van der Waals surface area contributed by atoms with Gasteiger partial charge in [-0.1, -0.05) is 30.1 Å². The maximum absolute atomic E-state index is 11.8. The maximum atomic E-state index is 11.8. The van der Waals surface area contributed by atoms with Gasteiger partial charge in [-0.15, -0.1) is 0 Å². The Hall–Kier alpha value is -1.10. The molecule has 1 aromatic rings. The van der Waals surface area contributed by atoms with Crippen LogP contribution in [0, 0.1) is 0 Å². The highest BCUT2D eigenvalue weighted by molar-refractivity contribution is 6.37. The summed E-state index contributed by atoms with van der Waals surface area (Å²) < 4.78 is 0. The Bertz CT molecular complexity index is 499. The molecule has 0 bridgehead atoms. The number of rotatable bonds is 3. The number of hydrogen-bond acceptors (Lipinski definition) is 3. The predicted molar refractivity (Wildman–Crippen MR) is 74.9 cm³/mol. The van der Waals surface area contributed by atoms with E-state index in [9.17, 15) is 9.59 Å². The van der Waals surface area contributed by atoms with Gasteiger partial charge >= 0.3 is 5.97 Å². The second-order valence-electron chi connectivity index (χ2n) is 4.36. The van der Waals surface area contributed by atoms with Gasteiger partial charge in [-0.25, -0.2) is 0 Å². The van der Waals surface area contributed by atoms with E-state index in [0.29, 0.717) is 15.6 Å². The van der Waals surface area contributed by atoms with E-state index in [1.165, 1.54) is 0 Å². The van der Waals surface area contributed by atoms with Crippen molar-refractivity contribution >= 4 is 35.0 Å². The molecule has 2 rings (SSSR count). The van der Waals surface area contributed by atoms with Gasteiger partial charge in [0.1, 0.15) is 0 Å². The summed E-state index contributed by atoms with van der Waals surface area (Å²) in [5.74, 6) is -0.829. The second-order valence-corrected chi connectivity index (χ2v) is 5.20. The first-order valence-corrected chi connectivity index (χ1v) is 6.56. The summed E-state index contributed by atoms with van der Waals surface area (Å²) in [5.41, 5.74) is 5.59. The summed E-state index contributed by atoms with van der Waals surface area (Å²) in [6.45, 7) is 1.60. The number of nitrogens with two attached hydrogens (primary N) is 1. The monoisotopic (exact) mass is 303 g/mol. The van der Waals surface area contributed by atoms with Crippen molar-refractivity contribution in [2.75, 3.05) is 0 Å². The van der Waals surface area contributed by atoms with Gasteiger partial charge in [-0.2, -0.15) is 0 Å².